The van der Waals surface area contributed by atoms with Crippen LogP contribution in [-0.4, -0.2) is 10.5 Å². The van der Waals surface area contributed by atoms with Gasteiger partial charge in [0.1, 0.15) is 11.5 Å². The van der Waals surface area contributed by atoms with Crippen molar-refractivity contribution >= 4 is 5.91 Å². The summed E-state index contributed by atoms with van der Waals surface area (Å²) in [7, 11) is 0. The third-order valence-electron chi connectivity index (χ3n) is 5.83. The summed E-state index contributed by atoms with van der Waals surface area (Å²) < 4.78 is 8.44. The van der Waals surface area contributed by atoms with E-state index in [9.17, 15) is 4.79 Å². The molecule has 4 rings (SSSR count). The number of primary amides is 1. The first-order chi connectivity index (χ1) is 14.6. The van der Waals surface area contributed by atoms with Gasteiger partial charge in [0.05, 0.1) is 5.56 Å². The van der Waals surface area contributed by atoms with Crippen molar-refractivity contribution in [3.8, 4) is 22.6 Å². The van der Waals surface area contributed by atoms with Gasteiger partial charge in [-0.15, -0.1) is 0 Å². The Balaban J connectivity index is 1.80. The second kappa shape index (κ2) is 8.78. The summed E-state index contributed by atoms with van der Waals surface area (Å²) in [5.41, 5.74) is 10.8. The van der Waals surface area contributed by atoms with Crippen LogP contribution in [0.1, 0.15) is 66.8 Å². The minimum Gasteiger partial charge on any atom is -0.457 e. The molecule has 0 aliphatic heterocycles. The van der Waals surface area contributed by atoms with Gasteiger partial charge in [0.15, 0.2) is 0 Å². The van der Waals surface area contributed by atoms with Gasteiger partial charge in [0, 0.05) is 23.0 Å². The molecule has 0 unspecified atom stereocenters. The molecule has 1 aliphatic rings. The van der Waals surface area contributed by atoms with Gasteiger partial charge in [-0.05, 0) is 62.4 Å². The molecule has 0 spiro atoms. The molecule has 0 atom stereocenters. The number of nitrogens with zero attached hydrogens (tertiary/aromatic N) is 1. The number of aromatic nitrogens is 1. The van der Waals surface area contributed by atoms with Crippen molar-refractivity contribution in [1.29, 1.82) is 0 Å². The summed E-state index contributed by atoms with van der Waals surface area (Å²) in [5.74, 6) is 1.19. The molecule has 4 nitrogen and oxygen atoms in total. The van der Waals surface area contributed by atoms with Crippen LogP contribution in [0.5, 0.6) is 11.5 Å². The molecule has 30 heavy (non-hydrogen) atoms. The Morgan fingerprint density at radius 1 is 1.07 bits per heavy atom. The maximum atomic E-state index is 12.5. The third-order valence-corrected chi connectivity index (χ3v) is 5.83. The van der Waals surface area contributed by atoms with Crippen LogP contribution in [-0.2, 0) is 6.42 Å². The largest absolute Gasteiger partial charge is 0.457 e. The molecule has 0 saturated heterocycles. The van der Waals surface area contributed by atoms with E-state index in [1.54, 1.807) is 0 Å². The molecular weight excluding hydrogens is 372 g/mol. The lowest BCUT2D eigenvalue weighted by Gasteiger charge is -2.13. The Bertz CT molecular complexity index is 1030. The van der Waals surface area contributed by atoms with Gasteiger partial charge in [-0.1, -0.05) is 50.1 Å². The standard InChI is InChI=1S/C26H30N2O2/c1-3-4-6-14-23-25(24(26(27)29)18(2)28(23)20-15-16-20)19-10-9-13-22(17-19)30-21-11-7-5-8-12-21/h5,7-13,17,20H,3-4,6,14-16H2,1-2H3,(H2,27,29). The number of para-hydroxylation sites is 1. The summed E-state index contributed by atoms with van der Waals surface area (Å²) in [5, 5.41) is 0. The van der Waals surface area contributed by atoms with Gasteiger partial charge < -0.3 is 15.0 Å². The number of unbranched alkanes of at least 4 members (excludes halogenated alkanes) is 2. The smallest absolute Gasteiger partial charge is 0.251 e. The lowest BCUT2D eigenvalue weighted by molar-refractivity contribution is 0.1000. The number of hydrogen-bond donors (Lipinski definition) is 1. The fourth-order valence-corrected chi connectivity index (χ4v) is 4.34. The van der Waals surface area contributed by atoms with E-state index in [0.717, 1.165) is 41.2 Å². The Kier molecular flexibility index (Phi) is 5.93. The van der Waals surface area contributed by atoms with Crippen LogP contribution < -0.4 is 10.5 Å². The lowest BCUT2D eigenvalue weighted by Crippen LogP contribution is -2.13. The van der Waals surface area contributed by atoms with Crippen molar-refractivity contribution < 1.29 is 9.53 Å². The highest BCUT2D eigenvalue weighted by Crippen LogP contribution is 2.44. The number of benzene rings is 2. The summed E-state index contributed by atoms with van der Waals surface area (Å²) >= 11 is 0. The second-order valence-corrected chi connectivity index (χ2v) is 8.15. The Morgan fingerprint density at radius 3 is 2.47 bits per heavy atom. The normalized spacial score (nSPS) is 13.4. The van der Waals surface area contributed by atoms with Crippen molar-refractivity contribution in [1.82, 2.24) is 4.57 Å². The summed E-state index contributed by atoms with van der Waals surface area (Å²) in [6.07, 6.45) is 6.75. The molecule has 0 radical (unpaired) electrons. The topological polar surface area (TPSA) is 57.2 Å². The predicted octanol–water partition coefficient (Wildman–Crippen LogP) is 6.42. The first kappa shape index (κ1) is 20.3. The average molecular weight is 403 g/mol. The van der Waals surface area contributed by atoms with Crippen LogP contribution >= 0.6 is 0 Å². The summed E-state index contributed by atoms with van der Waals surface area (Å²) in [6, 6.07) is 18.3. The van der Waals surface area contributed by atoms with Crippen LogP contribution in [0.4, 0.5) is 0 Å². The number of carbonyl (C=O) groups is 1. The van der Waals surface area contributed by atoms with E-state index < -0.39 is 0 Å². The molecule has 2 N–H and O–H groups in total. The highest BCUT2D eigenvalue weighted by molar-refractivity contribution is 6.02. The summed E-state index contributed by atoms with van der Waals surface area (Å²) in [6.45, 7) is 4.25. The molecule has 156 valence electrons. The molecule has 4 heteroatoms. The van der Waals surface area contributed by atoms with Gasteiger partial charge in [0.25, 0.3) is 5.91 Å². The molecule has 0 bridgehead atoms. The van der Waals surface area contributed by atoms with E-state index in [0.29, 0.717) is 11.6 Å². The van der Waals surface area contributed by atoms with E-state index in [4.69, 9.17) is 10.5 Å². The van der Waals surface area contributed by atoms with E-state index in [-0.39, 0.29) is 5.91 Å². The Labute approximate surface area is 178 Å². The quantitative estimate of drug-likeness (QED) is 0.420. The predicted molar refractivity (Wildman–Crippen MR) is 121 cm³/mol. The number of amides is 1. The Morgan fingerprint density at radius 2 is 1.80 bits per heavy atom. The molecule has 1 heterocycles. The molecular formula is C26H30N2O2. The van der Waals surface area contributed by atoms with E-state index in [1.807, 2.05) is 55.5 Å². The zero-order chi connectivity index (χ0) is 21.1. The Hall–Kier alpha value is -3.01. The minimum absolute atomic E-state index is 0.354. The molecule has 1 amide bonds. The van der Waals surface area contributed by atoms with Crippen LogP contribution in [0.2, 0.25) is 0 Å². The number of hydrogen-bond acceptors (Lipinski definition) is 2. The number of rotatable bonds is 9. The molecule has 1 fully saturated rings. The van der Waals surface area contributed by atoms with Gasteiger partial charge >= 0.3 is 0 Å². The number of carbonyl (C=O) groups excluding carboxylic acids is 1. The lowest BCUT2D eigenvalue weighted by atomic mass is 9.97. The highest BCUT2D eigenvalue weighted by atomic mass is 16.5. The maximum Gasteiger partial charge on any atom is 0.251 e. The van der Waals surface area contributed by atoms with Crippen molar-refractivity contribution in [2.75, 3.05) is 0 Å². The molecule has 1 aliphatic carbocycles. The maximum absolute atomic E-state index is 12.5. The highest BCUT2D eigenvalue weighted by Gasteiger charge is 2.32. The van der Waals surface area contributed by atoms with Gasteiger partial charge in [-0.3, -0.25) is 4.79 Å². The molecule has 2 aromatic carbocycles. The van der Waals surface area contributed by atoms with Crippen molar-refractivity contribution in [2.24, 2.45) is 5.73 Å². The first-order valence-corrected chi connectivity index (χ1v) is 11.0. The first-order valence-electron chi connectivity index (χ1n) is 11.0. The third kappa shape index (κ3) is 4.13. The minimum atomic E-state index is -0.354. The van der Waals surface area contributed by atoms with Gasteiger partial charge in [-0.25, -0.2) is 0 Å². The average Bonchev–Trinajstić information content (AvgIpc) is 3.52. The number of nitrogens with two attached hydrogens (primary N) is 1. The molecule has 1 saturated carbocycles. The zero-order valence-corrected chi connectivity index (χ0v) is 17.9. The van der Waals surface area contributed by atoms with Crippen molar-refractivity contribution in [3.63, 3.8) is 0 Å². The van der Waals surface area contributed by atoms with Crippen LogP contribution in [0.3, 0.4) is 0 Å². The fraction of sp³-hybridized carbons (Fsp3) is 0.346. The van der Waals surface area contributed by atoms with E-state index in [1.165, 1.54) is 31.4 Å². The van der Waals surface area contributed by atoms with E-state index in [2.05, 4.69) is 17.6 Å². The van der Waals surface area contributed by atoms with Gasteiger partial charge in [0.2, 0.25) is 0 Å². The molecule has 3 aromatic rings. The number of ether oxygens (including phenoxy) is 1. The van der Waals surface area contributed by atoms with Crippen LogP contribution in [0, 0.1) is 6.92 Å². The van der Waals surface area contributed by atoms with Gasteiger partial charge in [-0.2, -0.15) is 0 Å². The monoisotopic (exact) mass is 402 g/mol. The van der Waals surface area contributed by atoms with Crippen molar-refractivity contribution in [3.05, 3.63) is 71.5 Å². The van der Waals surface area contributed by atoms with Crippen molar-refractivity contribution in [2.45, 2.75) is 58.4 Å². The van der Waals surface area contributed by atoms with Crippen LogP contribution in [0.25, 0.3) is 11.1 Å². The zero-order valence-electron chi connectivity index (χ0n) is 17.9. The summed E-state index contributed by atoms with van der Waals surface area (Å²) in [4.78, 5) is 12.5. The fourth-order valence-electron chi connectivity index (χ4n) is 4.34. The van der Waals surface area contributed by atoms with E-state index >= 15 is 0 Å². The SMILES string of the molecule is CCCCCc1c(-c2cccc(Oc3ccccc3)c2)c(C(N)=O)c(C)n1C1CC1. The second-order valence-electron chi connectivity index (χ2n) is 8.15. The molecule has 1 aromatic heterocycles. The van der Waals surface area contributed by atoms with Crippen LogP contribution in [0.15, 0.2) is 54.6 Å².